The Bertz CT molecular complexity index is 915. The Morgan fingerprint density at radius 1 is 0.906 bits per heavy atom. The fourth-order valence-corrected chi connectivity index (χ4v) is 3.51. The summed E-state index contributed by atoms with van der Waals surface area (Å²) in [5.41, 5.74) is -0.250. The third kappa shape index (κ3) is 7.63. The molecule has 2 aromatic carbocycles. The number of esters is 1. The van der Waals surface area contributed by atoms with Crippen LogP contribution in [-0.4, -0.2) is 22.6 Å². The normalized spacial score (nSPS) is 11.2. The highest BCUT2D eigenvalue weighted by Crippen LogP contribution is 2.30. The topological polar surface area (TPSA) is 80.7 Å². The smallest absolute Gasteiger partial charge is 0.343 e. The Labute approximate surface area is 190 Å². The van der Waals surface area contributed by atoms with Crippen molar-refractivity contribution in [1.29, 1.82) is 0 Å². The van der Waals surface area contributed by atoms with Crippen LogP contribution in [0, 0.1) is 5.41 Å². The van der Waals surface area contributed by atoms with Crippen molar-refractivity contribution in [2.75, 3.05) is 0 Å². The van der Waals surface area contributed by atoms with E-state index in [4.69, 9.17) is 4.74 Å². The van der Waals surface area contributed by atoms with Crippen LogP contribution in [0.2, 0.25) is 0 Å². The lowest BCUT2D eigenvalue weighted by molar-refractivity contribution is -0.126. The third-order valence-electron chi connectivity index (χ3n) is 5.72. The van der Waals surface area contributed by atoms with E-state index in [1.807, 2.05) is 13.8 Å². The molecule has 0 saturated carbocycles. The van der Waals surface area contributed by atoms with E-state index in [0.29, 0.717) is 5.56 Å². The van der Waals surface area contributed by atoms with Crippen molar-refractivity contribution in [3.63, 3.8) is 0 Å². The van der Waals surface area contributed by atoms with Gasteiger partial charge in [0.15, 0.2) is 5.78 Å². The second-order valence-electron chi connectivity index (χ2n) is 8.86. The number of carbonyl (C=O) groups excluding carboxylic acids is 3. The van der Waals surface area contributed by atoms with Crippen LogP contribution < -0.4 is 4.74 Å². The number of rotatable bonds is 13. The van der Waals surface area contributed by atoms with Gasteiger partial charge < -0.3 is 9.84 Å². The zero-order valence-electron chi connectivity index (χ0n) is 19.4. The van der Waals surface area contributed by atoms with E-state index in [2.05, 4.69) is 6.92 Å². The van der Waals surface area contributed by atoms with Gasteiger partial charge in [-0.15, -0.1) is 0 Å². The van der Waals surface area contributed by atoms with Gasteiger partial charge in [-0.3, -0.25) is 9.59 Å². The lowest BCUT2D eigenvalue weighted by Gasteiger charge is -2.23. The Morgan fingerprint density at radius 3 is 2.25 bits per heavy atom. The van der Waals surface area contributed by atoms with Gasteiger partial charge in [0.1, 0.15) is 17.3 Å². The Hall–Kier alpha value is -2.95. The highest BCUT2D eigenvalue weighted by atomic mass is 16.5. The van der Waals surface area contributed by atoms with E-state index in [-0.39, 0.29) is 29.3 Å². The van der Waals surface area contributed by atoms with E-state index in [1.54, 1.807) is 30.3 Å². The van der Waals surface area contributed by atoms with E-state index >= 15 is 0 Å². The van der Waals surface area contributed by atoms with Crippen LogP contribution in [0.3, 0.4) is 0 Å². The third-order valence-corrected chi connectivity index (χ3v) is 5.72. The van der Waals surface area contributed by atoms with Crippen molar-refractivity contribution in [3.05, 3.63) is 59.7 Å². The molecule has 0 aliphatic rings. The monoisotopic (exact) mass is 438 g/mol. The zero-order chi connectivity index (χ0) is 23.6. The standard InChI is InChI=1S/C27H34O5/c1-4-5-6-7-8-12-17-27(2,3)25(30)19-24(29)22-18-21(15-16-23(22)28)32-26(31)20-13-10-9-11-14-20/h9-11,13-16,18,28H,4-8,12,17,19H2,1-3H3. The first kappa shape index (κ1) is 25.3. The highest BCUT2D eigenvalue weighted by molar-refractivity contribution is 6.10. The predicted molar refractivity (Wildman–Crippen MR) is 125 cm³/mol. The van der Waals surface area contributed by atoms with Crippen molar-refractivity contribution in [2.45, 2.75) is 72.1 Å². The minimum absolute atomic E-state index is 0.0212. The number of unbranched alkanes of at least 4 members (excludes halogenated alkanes) is 5. The van der Waals surface area contributed by atoms with Gasteiger partial charge in [0.25, 0.3) is 0 Å². The second kappa shape index (κ2) is 12.2. The van der Waals surface area contributed by atoms with Gasteiger partial charge in [-0.25, -0.2) is 4.79 Å². The number of aromatic hydroxyl groups is 1. The highest BCUT2D eigenvalue weighted by Gasteiger charge is 2.29. The Morgan fingerprint density at radius 2 is 1.56 bits per heavy atom. The number of phenolic OH excluding ortho intramolecular Hbond substituents is 1. The van der Waals surface area contributed by atoms with Crippen molar-refractivity contribution >= 4 is 17.5 Å². The summed E-state index contributed by atoms with van der Waals surface area (Å²) >= 11 is 0. The predicted octanol–water partition coefficient (Wildman–Crippen LogP) is 6.53. The first-order valence-electron chi connectivity index (χ1n) is 11.4. The maximum Gasteiger partial charge on any atom is 0.343 e. The number of benzene rings is 2. The number of ether oxygens (including phenoxy) is 1. The van der Waals surface area contributed by atoms with Gasteiger partial charge in [-0.1, -0.05) is 77.5 Å². The van der Waals surface area contributed by atoms with E-state index in [0.717, 1.165) is 19.3 Å². The van der Waals surface area contributed by atoms with Crippen LogP contribution in [0.15, 0.2) is 48.5 Å². The van der Waals surface area contributed by atoms with Gasteiger partial charge >= 0.3 is 5.97 Å². The molecule has 5 nitrogen and oxygen atoms in total. The van der Waals surface area contributed by atoms with Gasteiger partial charge in [-0.2, -0.15) is 0 Å². The Kier molecular flexibility index (Phi) is 9.63. The molecule has 0 unspecified atom stereocenters. The number of carbonyl (C=O) groups is 3. The molecule has 1 N–H and O–H groups in total. The first-order valence-corrected chi connectivity index (χ1v) is 11.4. The summed E-state index contributed by atoms with van der Waals surface area (Å²) in [7, 11) is 0. The fraction of sp³-hybridized carbons (Fsp3) is 0.444. The maximum atomic E-state index is 12.8. The fourth-order valence-electron chi connectivity index (χ4n) is 3.51. The summed E-state index contributed by atoms with van der Waals surface area (Å²) in [6, 6.07) is 12.5. The molecule has 0 fully saturated rings. The molecule has 0 aliphatic carbocycles. The molecule has 0 radical (unpaired) electrons. The molecule has 2 rings (SSSR count). The van der Waals surface area contributed by atoms with E-state index < -0.39 is 17.2 Å². The number of Topliss-reactive ketones (excluding diaryl/α,β-unsaturated/α-hetero) is 2. The van der Waals surface area contributed by atoms with Gasteiger partial charge in [0.2, 0.25) is 0 Å². The molecule has 172 valence electrons. The summed E-state index contributed by atoms with van der Waals surface area (Å²) < 4.78 is 5.32. The number of ketones is 2. The van der Waals surface area contributed by atoms with Crippen LogP contribution in [0.25, 0.3) is 0 Å². The quantitative estimate of drug-likeness (QED) is 0.126. The molecule has 5 heteroatoms. The van der Waals surface area contributed by atoms with Crippen molar-refractivity contribution < 1.29 is 24.2 Å². The molecule has 0 saturated heterocycles. The van der Waals surface area contributed by atoms with E-state index in [9.17, 15) is 19.5 Å². The maximum absolute atomic E-state index is 12.8. The van der Waals surface area contributed by atoms with Crippen molar-refractivity contribution in [3.8, 4) is 11.5 Å². The SMILES string of the molecule is CCCCCCCCC(C)(C)C(=O)CC(=O)c1cc(OC(=O)c2ccccc2)ccc1O. The molecule has 0 aromatic heterocycles. The molecule has 0 heterocycles. The number of phenols is 1. The van der Waals surface area contributed by atoms with Crippen LogP contribution in [0.4, 0.5) is 0 Å². The summed E-state index contributed by atoms with van der Waals surface area (Å²) in [5, 5.41) is 10.1. The van der Waals surface area contributed by atoms with Crippen LogP contribution in [-0.2, 0) is 4.79 Å². The molecule has 0 amide bonds. The van der Waals surface area contributed by atoms with Gasteiger partial charge in [0, 0.05) is 5.41 Å². The summed E-state index contributed by atoms with van der Waals surface area (Å²) in [4.78, 5) is 37.8. The van der Waals surface area contributed by atoms with Crippen LogP contribution in [0.5, 0.6) is 11.5 Å². The molecular formula is C27H34O5. The van der Waals surface area contributed by atoms with E-state index in [1.165, 1.54) is 43.9 Å². The molecule has 0 atom stereocenters. The van der Waals surface area contributed by atoms with Crippen molar-refractivity contribution in [1.82, 2.24) is 0 Å². The first-order chi connectivity index (χ1) is 15.2. The molecule has 0 spiro atoms. The van der Waals surface area contributed by atoms with Gasteiger partial charge in [-0.05, 0) is 36.8 Å². The Balaban J connectivity index is 1.97. The van der Waals surface area contributed by atoms with Crippen molar-refractivity contribution in [2.24, 2.45) is 5.41 Å². The number of hydrogen-bond donors (Lipinski definition) is 1. The summed E-state index contributed by atoms with van der Waals surface area (Å²) in [6.45, 7) is 5.92. The summed E-state index contributed by atoms with van der Waals surface area (Å²) in [6.07, 6.45) is 7.28. The average Bonchev–Trinajstić information content (AvgIpc) is 2.77. The summed E-state index contributed by atoms with van der Waals surface area (Å²) in [5.74, 6) is -1.30. The average molecular weight is 439 g/mol. The lowest BCUT2D eigenvalue weighted by Crippen LogP contribution is -2.26. The molecule has 2 aromatic rings. The second-order valence-corrected chi connectivity index (χ2v) is 8.86. The van der Waals surface area contributed by atoms with Crippen LogP contribution >= 0.6 is 0 Å². The number of hydrogen-bond acceptors (Lipinski definition) is 5. The molecule has 0 aliphatic heterocycles. The lowest BCUT2D eigenvalue weighted by atomic mass is 9.80. The van der Waals surface area contributed by atoms with Crippen LogP contribution in [0.1, 0.15) is 92.9 Å². The minimum Gasteiger partial charge on any atom is -0.507 e. The van der Waals surface area contributed by atoms with Gasteiger partial charge in [0.05, 0.1) is 17.5 Å². The zero-order valence-corrected chi connectivity index (χ0v) is 19.4. The minimum atomic E-state index is -0.604. The largest absolute Gasteiger partial charge is 0.507 e. The molecule has 0 bridgehead atoms. The molecule has 32 heavy (non-hydrogen) atoms. The molecular weight excluding hydrogens is 404 g/mol.